The van der Waals surface area contributed by atoms with Gasteiger partial charge in [0.25, 0.3) is 17.7 Å². The number of carbonyl (C=O) groups excluding carboxylic acids is 2. The number of hydrogen-bond donors (Lipinski definition) is 2. The zero-order chi connectivity index (χ0) is 30.7. The number of nitrogens with one attached hydrogen (secondary N) is 1. The van der Waals surface area contributed by atoms with Crippen molar-refractivity contribution in [1.29, 1.82) is 0 Å². The highest BCUT2D eigenvalue weighted by Gasteiger charge is 2.49. The van der Waals surface area contributed by atoms with Crippen molar-refractivity contribution in [2.45, 2.75) is 50.7 Å². The third kappa shape index (κ3) is 5.14. The van der Waals surface area contributed by atoms with Crippen molar-refractivity contribution < 1.29 is 36.1 Å². The van der Waals surface area contributed by atoms with E-state index < -0.39 is 33.7 Å². The van der Waals surface area contributed by atoms with Gasteiger partial charge in [0, 0.05) is 49.2 Å². The van der Waals surface area contributed by atoms with Crippen LogP contribution in [-0.4, -0.2) is 50.9 Å². The number of benzene rings is 1. The maximum atomic E-state index is 15.1. The summed E-state index contributed by atoms with van der Waals surface area (Å²) in [5, 5.41) is 2.24. The number of carbonyl (C=O) groups is 2. The van der Waals surface area contributed by atoms with Crippen molar-refractivity contribution in [3.8, 4) is 0 Å². The predicted octanol–water partition coefficient (Wildman–Crippen LogP) is 5.08. The second kappa shape index (κ2) is 10.2. The summed E-state index contributed by atoms with van der Waals surface area (Å²) >= 11 is 0. The standard InChI is InChI=1S/C29H26F5N7O2/c1-28(30,31)21-12-16(27(43)38-23-13-18(8-9-37-23)29(32,33)34)3-6-20(21)26-39-25(22-14-36-10-11-41(22,26)35)17-2-4-19-5-7-24(42)40(19)15-17/h3,6,8-14,17,19H,2,4-5,7,15,35H2,1H3/p+1/t17-,19+,41?/m1/s1. The Kier molecular flexibility index (Phi) is 6.80. The maximum Gasteiger partial charge on any atom is 0.416 e. The van der Waals surface area contributed by atoms with Gasteiger partial charge >= 0.3 is 6.18 Å². The monoisotopic (exact) mass is 600 g/mol. The number of fused-ring (bicyclic) bond motifs is 2. The number of amidine groups is 1. The highest BCUT2D eigenvalue weighted by atomic mass is 19.4. The van der Waals surface area contributed by atoms with Crippen LogP contribution >= 0.6 is 0 Å². The molecule has 3 atom stereocenters. The van der Waals surface area contributed by atoms with Gasteiger partial charge in [0.1, 0.15) is 17.7 Å². The van der Waals surface area contributed by atoms with Crippen LogP contribution in [0.3, 0.4) is 0 Å². The zero-order valence-corrected chi connectivity index (χ0v) is 22.9. The summed E-state index contributed by atoms with van der Waals surface area (Å²) in [4.78, 5) is 40.0. The van der Waals surface area contributed by atoms with Gasteiger partial charge < -0.3 is 10.2 Å². The normalized spacial score (nSPS) is 25.1. The van der Waals surface area contributed by atoms with Gasteiger partial charge in [-0.3, -0.25) is 14.6 Å². The van der Waals surface area contributed by atoms with Gasteiger partial charge in [-0.25, -0.2) is 13.8 Å². The van der Waals surface area contributed by atoms with Gasteiger partial charge in [-0.05, 0) is 49.6 Å². The van der Waals surface area contributed by atoms with E-state index in [1.54, 1.807) is 0 Å². The molecule has 1 aromatic heterocycles. The first-order valence-electron chi connectivity index (χ1n) is 13.6. The number of alkyl halides is 5. The van der Waals surface area contributed by atoms with Crippen LogP contribution in [0, 0.1) is 5.92 Å². The number of aliphatic imine (C=N–C) groups is 2. The summed E-state index contributed by atoms with van der Waals surface area (Å²) in [6, 6.07) is 5.13. The fraction of sp³-hybridized carbons (Fsp3) is 0.345. The molecule has 4 aliphatic heterocycles. The average Bonchev–Trinajstić information content (AvgIpc) is 3.48. The van der Waals surface area contributed by atoms with Gasteiger partial charge in [-0.2, -0.15) is 24.0 Å². The fourth-order valence-electron chi connectivity index (χ4n) is 6.08. The quantitative estimate of drug-likeness (QED) is 0.283. The first-order valence-corrected chi connectivity index (χ1v) is 13.6. The van der Waals surface area contributed by atoms with Crippen molar-refractivity contribution in [2.75, 3.05) is 11.9 Å². The van der Waals surface area contributed by atoms with Crippen molar-refractivity contribution in [1.82, 2.24) is 9.88 Å². The maximum absolute atomic E-state index is 15.1. The molecular formula is C29H27F5N7O2+. The highest BCUT2D eigenvalue weighted by molar-refractivity contribution is 6.06. The Bertz CT molecular complexity index is 1640. The molecule has 14 heteroatoms. The minimum Gasteiger partial charge on any atom is -0.339 e. The smallest absolute Gasteiger partial charge is 0.339 e. The first-order chi connectivity index (χ1) is 20.3. The van der Waals surface area contributed by atoms with Crippen LogP contribution in [0.1, 0.15) is 59.7 Å². The number of nitrogens with zero attached hydrogens (tertiary/aromatic N) is 5. The lowest BCUT2D eigenvalue weighted by Gasteiger charge is -2.35. The molecule has 0 aliphatic carbocycles. The van der Waals surface area contributed by atoms with E-state index in [0.29, 0.717) is 37.3 Å². The molecule has 0 spiro atoms. The Morgan fingerprint density at radius 2 is 1.91 bits per heavy atom. The molecule has 0 bridgehead atoms. The summed E-state index contributed by atoms with van der Waals surface area (Å²) in [6.45, 7) is 1.11. The lowest BCUT2D eigenvalue weighted by atomic mass is 9.90. The third-order valence-corrected chi connectivity index (χ3v) is 8.25. The van der Waals surface area contributed by atoms with Crippen LogP contribution in [-0.2, 0) is 16.9 Å². The number of nitrogens with two attached hydrogens (primary N) is 1. The molecule has 0 radical (unpaired) electrons. The summed E-state index contributed by atoms with van der Waals surface area (Å²) in [7, 11) is 0. The topological polar surface area (TPSA) is 113 Å². The molecule has 3 N–H and O–H groups in total. The van der Waals surface area contributed by atoms with E-state index in [-0.39, 0.29) is 40.6 Å². The van der Waals surface area contributed by atoms with E-state index in [9.17, 15) is 22.8 Å². The Labute approximate surface area is 242 Å². The number of halogens is 5. The van der Waals surface area contributed by atoms with E-state index in [1.807, 2.05) is 4.90 Å². The number of allylic oxidation sites excluding steroid dienone is 1. The number of anilines is 1. The summed E-state index contributed by atoms with van der Waals surface area (Å²) in [6.07, 6.45) is 3.56. The van der Waals surface area contributed by atoms with Crippen LogP contribution in [0.4, 0.5) is 27.8 Å². The Morgan fingerprint density at radius 1 is 1.12 bits per heavy atom. The van der Waals surface area contributed by atoms with Crippen molar-refractivity contribution in [3.63, 3.8) is 0 Å². The van der Waals surface area contributed by atoms with E-state index >= 15 is 8.78 Å². The number of piperidine rings is 1. The molecule has 5 heterocycles. The SMILES string of the molecule is CC(F)(F)c1cc(C(=O)Nc2cc(C(F)(F)F)ccn2)ccc1C1=NC([C@@H]2CC[C@H]3CCC(=O)N3C2)=C2C=NC=C[N+]12N. The molecule has 0 saturated carbocycles. The second-order valence-electron chi connectivity index (χ2n) is 11.1. The molecule has 224 valence electrons. The highest BCUT2D eigenvalue weighted by Crippen LogP contribution is 2.42. The molecule has 9 nitrogen and oxygen atoms in total. The number of rotatable bonds is 5. The van der Waals surface area contributed by atoms with E-state index in [4.69, 9.17) is 10.8 Å². The van der Waals surface area contributed by atoms with Gasteiger partial charge in [-0.15, -0.1) is 4.59 Å². The Hall–Kier alpha value is -4.30. The molecule has 6 rings (SSSR count). The summed E-state index contributed by atoms with van der Waals surface area (Å²) < 4.78 is 69.0. The molecule has 1 unspecified atom stereocenters. The minimum atomic E-state index is -4.66. The van der Waals surface area contributed by atoms with Gasteiger partial charge in [-0.1, -0.05) is 0 Å². The molecular weight excluding hydrogens is 573 g/mol. The molecule has 1 aromatic carbocycles. The predicted molar refractivity (Wildman–Crippen MR) is 146 cm³/mol. The van der Waals surface area contributed by atoms with E-state index in [2.05, 4.69) is 15.3 Å². The molecule has 2 fully saturated rings. The number of amides is 2. The minimum absolute atomic E-state index is 0.0119. The first kappa shape index (κ1) is 28.8. The van der Waals surface area contributed by atoms with Crippen LogP contribution < -0.4 is 11.2 Å². The van der Waals surface area contributed by atoms with Crippen LogP contribution in [0.15, 0.2) is 70.3 Å². The van der Waals surface area contributed by atoms with Gasteiger partial charge in [0.2, 0.25) is 11.6 Å². The summed E-state index contributed by atoms with van der Waals surface area (Å²) in [5.41, 5.74) is -0.750. The number of aromatic nitrogens is 1. The van der Waals surface area contributed by atoms with E-state index in [0.717, 1.165) is 37.6 Å². The number of pyridine rings is 1. The summed E-state index contributed by atoms with van der Waals surface area (Å²) in [5.74, 6) is 2.01. The second-order valence-corrected chi connectivity index (χ2v) is 11.1. The lowest BCUT2D eigenvalue weighted by Crippen LogP contribution is -2.53. The third-order valence-electron chi connectivity index (χ3n) is 8.25. The molecule has 2 amide bonds. The Balaban J connectivity index is 1.36. The van der Waals surface area contributed by atoms with Gasteiger partial charge in [0.15, 0.2) is 0 Å². The van der Waals surface area contributed by atoms with Crippen LogP contribution in [0.2, 0.25) is 0 Å². The molecule has 4 aliphatic rings. The van der Waals surface area contributed by atoms with Gasteiger partial charge in [0.05, 0.1) is 23.5 Å². The lowest BCUT2D eigenvalue weighted by molar-refractivity contribution is -0.750. The van der Waals surface area contributed by atoms with Crippen LogP contribution in [0.5, 0.6) is 0 Å². The number of hydrogen-bond acceptors (Lipinski definition) is 6. The molecule has 2 aromatic rings. The largest absolute Gasteiger partial charge is 0.416 e. The molecule has 2 saturated heterocycles. The van der Waals surface area contributed by atoms with Crippen molar-refractivity contribution >= 4 is 29.7 Å². The van der Waals surface area contributed by atoms with Crippen molar-refractivity contribution in [2.24, 2.45) is 21.7 Å². The van der Waals surface area contributed by atoms with Crippen molar-refractivity contribution in [3.05, 3.63) is 82.6 Å². The zero-order valence-electron chi connectivity index (χ0n) is 22.9. The van der Waals surface area contributed by atoms with Crippen LogP contribution in [0.25, 0.3) is 0 Å². The molecule has 43 heavy (non-hydrogen) atoms. The van der Waals surface area contributed by atoms with E-state index in [1.165, 1.54) is 30.7 Å². The number of quaternary nitrogens is 1. The Morgan fingerprint density at radius 3 is 2.65 bits per heavy atom. The average molecular weight is 601 g/mol. The fourth-order valence-corrected chi connectivity index (χ4v) is 6.08.